The molecule has 2 amide bonds. The Kier molecular flexibility index (Phi) is 3.42. The second kappa shape index (κ2) is 5.23. The van der Waals surface area contributed by atoms with Crippen molar-refractivity contribution in [3.8, 4) is 0 Å². The van der Waals surface area contributed by atoms with Crippen molar-refractivity contribution >= 4 is 11.8 Å². The number of piperidine rings is 1. The lowest BCUT2D eigenvalue weighted by atomic mass is 9.90. The minimum atomic E-state index is -0.458. The van der Waals surface area contributed by atoms with Crippen molar-refractivity contribution in [1.82, 2.24) is 9.88 Å². The molecule has 0 unspecified atom stereocenters. The average Bonchev–Trinajstić information content (AvgIpc) is 3.31. The lowest BCUT2D eigenvalue weighted by Gasteiger charge is -2.32. The highest BCUT2D eigenvalue weighted by Gasteiger charge is 2.35. The third kappa shape index (κ3) is 2.53. The molecule has 5 nitrogen and oxygen atoms in total. The standard InChI is InChI=1S/C15H18N3O2/c16-14(19)12-2-1-7-17-13(12)10-5-8-18(9-6-10)15(20)11-3-4-11/h2,7,10-11H,3-6,8-9H2,(H2,16,19). The minimum absolute atomic E-state index is 0.204. The zero-order valence-electron chi connectivity index (χ0n) is 11.3. The first-order valence-corrected chi connectivity index (χ1v) is 7.11. The van der Waals surface area contributed by atoms with Gasteiger partial charge in [0.1, 0.15) is 0 Å². The van der Waals surface area contributed by atoms with Gasteiger partial charge in [0.25, 0.3) is 5.91 Å². The van der Waals surface area contributed by atoms with Crippen molar-refractivity contribution in [3.63, 3.8) is 0 Å². The van der Waals surface area contributed by atoms with Crippen LogP contribution in [0, 0.1) is 12.0 Å². The fraction of sp³-hybridized carbons (Fsp3) is 0.533. The average molecular weight is 272 g/mol. The summed E-state index contributed by atoms with van der Waals surface area (Å²) in [5.41, 5.74) is 6.60. The summed E-state index contributed by atoms with van der Waals surface area (Å²) in [6.07, 6.45) is 5.34. The molecule has 0 spiro atoms. The first-order chi connectivity index (χ1) is 9.66. The van der Waals surface area contributed by atoms with Gasteiger partial charge >= 0.3 is 0 Å². The van der Waals surface area contributed by atoms with Crippen molar-refractivity contribution in [1.29, 1.82) is 0 Å². The normalized spacial score (nSPS) is 19.9. The monoisotopic (exact) mass is 272 g/mol. The molecule has 1 aromatic rings. The molecular weight excluding hydrogens is 254 g/mol. The highest BCUT2D eigenvalue weighted by molar-refractivity contribution is 5.94. The zero-order chi connectivity index (χ0) is 14.1. The lowest BCUT2D eigenvalue weighted by molar-refractivity contribution is -0.133. The number of hydrogen-bond acceptors (Lipinski definition) is 3. The van der Waals surface area contributed by atoms with Crippen LogP contribution in [0.1, 0.15) is 47.7 Å². The summed E-state index contributed by atoms with van der Waals surface area (Å²) in [4.78, 5) is 29.7. The summed E-state index contributed by atoms with van der Waals surface area (Å²) in [6, 6.07) is 4.40. The molecule has 1 saturated heterocycles. The number of amides is 2. The van der Waals surface area contributed by atoms with E-state index in [1.807, 2.05) is 4.90 Å². The summed E-state index contributed by atoms with van der Waals surface area (Å²) >= 11 is 0. The third-order valence-electron chi connectivity index (χ3n) is 4.17. The highest BCUT2D eigenvalue weighted by atomic mass is 16.2. The largest absolute Gasteiger partial charge is 0.366 e. The van der Waals surface area contributed by atoms with Crippen LogP contribution >= 0.6 is 0 Å². The van der Waals surface area contributed by atoms with Gasteiger partial charge in [0.05, 0.1) is 11.3 Å². The molecule has 2 heterocycles. The van der Waals surface area contributed by atoms with Gasteiger partial charge in [-0.2, -0.15) is 0 Å². The van der Waals surface area contributed by atoms with Gasteiger partial charge in [0.2, 0.25) is 5.91 Å². The van der Waals surface area contributed by atoms with Gasteiger partial charge in [-0.15, -0.1) is 0 Å². The molecule has 0 bridgehead atoms. The Morgan fingerprint density at radius 2 is 1.95 bits per heavy atom. The Morgan fingerprint density at radius 3 is 2.55 bits per heavy atom. The Bertz CT molecular complexity index is 532. The Hall–Kier alpha value is -1.91. The molecule has 105 valence electrons. The molecule has 1 saturated carbocycles. The molecule has 2 aliphatic rings. The van der Waals surface area contributed by atoms with E-state index >= 15 is 0 Å². The van der Waals surface area contributed by atoms with E-state index < -0.39 is 5.91 Å². The van der Waals surface area contributed by atoms with Crippen LogP contribution in [0.3, 0.4) is 0 Å². The van der Waals surface area contributed by atoms with Crippen molar-refractivity contribution in [2.75, 3.05) is 13.1 Å². The van der Waals surface area contributed by atoms with Crippen molar-refractivity contribution in [3.05, 3.63) is 29.6 Å². The van der Waals surface area contributed by atoms with Gasteiger partial charge in [-0.05, 0) is 31.7 Å². The van der Waals surface area contributed by atoms with Gasteiger partial charge in [-0.1, -0.05) is 0 Å². The summed E-state index contributed by atoms with van der Waals surface area (Å²) in [5.74, 6) is 0.321. The summed E-state index contributed by atoms with van der Waals surface area (Å²) in [7, 11) is 0. The number of carbonyl (C=O) groups excluding carboxylic acids is 2. The van der Waals surface area contributed by atoms with Crippen LogP contribution in [0.2, 0.25) is 0 Å². The number of aromatic nitrogens is 1. The van der Waals surface area contributed by atoms with Crippen molar-refractivity contribution in [2.24, 2.45) is 11.7 Å². The minimum Gasteiger partial charge on any atom is -0.366 e. The fourth-order valence-corrected chi connectivity index (χ4v) is 2.86. The van der Waals surface area contributed by atoms with Crippen LogP contribution in [0.15, 0.2) is 12.3 Å². The first-order valence-electron chi connectivity index (χ1n) is 7.11. The fourth-order valence-electron chi connectivity index (χ4n) is 2.86. The van der Waals surface area contributed by atoms with Crippen molar-refractivity contribution < 1.29 is 9.59 Å². The molecule has 0 aromatic carbocycles. The van der Waals surface area contributed by atoms with Crippen LogP contribution in [0.4, 0.5) is 0 Å². The molecular formula is C15H18N3O2. The van der Waals surface area contributed by atoms with E-state index in [4.69, 9.17) is 5.73 Å². The predicted octanol–water partition coefficient (Wildman–Crippen LogP) is 1.10. The van der Waals surface area contributed by atoms with Crippen LogP contribution in [0.5, 0.6) is 0 Å². The van der Waals surface area contributed by atoms with Crippen LogP contribution in [-0.4, -0.2) is 34.8 Å². The SMILES string of the molecule is NC(=O)c1c[c]cnc1C1CCN(C(=O)C2CC2)CC1. The molecule has 1 aliphatic heterocycles. The van der Waals surface area contributed by atoms with E-state index in [1.54, 1.807) is 12.3 Å². The van der Waals surface area contributed by atoms with Gasteiger partial charge < -0.3 is 10.6 Å². The third-order valence-corrected chi connectivity index (χ3v) is 4.17. The molecule has 1 aromatic heterocycles. The molecule has 20 heavy (non-hydrogen) atoms. The highest BCUT2D eigenvalue weighted by Crippen LogP contribution is 2.34. The number of likely N-dealkylation sites (tertiary alicyclic amines) is 1. The Balaban J connectivity index is 1.69. The van der Waals surface area contributed by atoms with Crippen LogP contribution in [-0.2, 0) is 4.79 Å². The van der Waals surface area contributed by atoms with E-state index in [9.17, 15) is 9.59 Å². The van der Waals surface area contributed by atoms with E-state index in [0.29, 0.717) is 11.5 Å². The first kappa shape index (κ1) is 13.1. The molecule has 1 radical (unpaired) electrons. The van der Waals surface area contributed by atoms with Gasteiger partial charge in [0.15, 0.2) is 0 Å². The summed E-state index contributed by atoms with van der Waals surface area (Å²) in [5, 5.41) is 0. The number of carbonyl (C=O) groups is 2. The van der Waals surface area contributed by atoms with Crippen LogP contribution in [0.25, 0.3) is 0 Å². The predicted molar refractivity (Wildman–Crippen MR) is 72.9 cm³/mol. The molecule has 5 heteroatoms. The summed E-state index contributed by atoms with van der Waals surface area (Å²) < 4.78 is 0. The topological polar surface area (TPSA) is 76.3 Å². The molecule has 2 N–H and O–H groups in total. The Labute approximate surface area is 118 Å². The number of rotatable bonds is 3. The molecule has 1 aliphatic carbocycles. The second-order valence-corrected chi connectivity index (χ2v) is 5.61. The zero-order valence-corrected chi connectivity index (χ0v) is 11.3. The van der Waals surface area contributed by atoms with E-state index in [2.05, 4.69) is 11.1 Å². The number of nitrogens with two attached hydrogens (primary N) is 1. The molecule has 3 rings (SSSR count). The number of primary amides is 1. The second-order valence-electron chi connectivity index (χ2n) is 5.61. The van der Waals surface area contributed by atoms with Crippen molar-refractivity contribution in [2.45, 2.75) is 31.6 Å². The maximum atomic E-state index is 12.0. The molecule has 2 fully saturated rings. The van der Waals surface area contributed by atoms with Gasteiger partial charge in [-0.3, -0.25) is 14.6 Å². The number of pyridine rings is 1. The lowest BCUT2D eigenvalue weighted by Crippen LogP contribution is -2.39. The Morgan fingerprint density at radius 1 is 1.25 bits per heavy atom. The van der Waals surface area contributed by atoms with E-state index in [-0.39, 0.29) is 11.8 Å². The van der Waals surface area contributed by atoms with E-state index in [1.165, 1.54) is 0 Å². The maximum absolute atomic E-state index is 12.0. The molecule has 0 atom stereocenters. The summed E-state index contributed by atoms with van der Waals surface area (Å²) in [6.45, 7) is 1.50. The smallest absolute Gasteiger partial charge is 0.250 e. The van der Waals surface area contributed by atoms with Gasteiger partial charge in [0, 0.05) is 37.2 Å². The quantitative estimate of drug-likeness (QED) is 0.895. The number of hydrogen-bond donors (Lipinski definition) is 1. The van der Waals surface area contributed by atoms with Gasteiger partial charge in [-0.25, -0.2) is 0 Å². The van der Waals surface area contributed by atoms with Crippen LogP contribution < -0.4 is 5.73 Å². The maximum Gasteiger partial charge on any atom is 0.250 e. The number of nitrogens with zero attached hydrogens (tertiary/aromatic N) is 2. The van der Waals surface area contributed by atoms with E-state index in [0.717, 1.165) is 44.5 Å².